The van der Waals surface area contributed by atoms with E-state index >= 15 is 0 Å². The molecule has 4 rings (SSSR count). The molecule has 0 radical (unpaired) electrons. The van der Waals surface area contributed by atoms with Gasteiger partial charge >= 0.3 is 0 Å². The normalized spacial score (nSPS) is 11.0. The highest BCUT2D eigenvalue weighted by molar-refractivity contribution is 6.32. The average molecular weight is 409 g/mol. The number of halogens is 1. The molecule has 0 unspecified atom stereocenters. The summed E-state index contributed by atoms with van der Waals surface area (Å²) in [6, 6.07) is 17.5. The topological polar surface area (TPSA) is 71.9 Å². The van der Waals surface area contributed by atoms with Crippen LogP contribution in [0.5, 0.6) is 5.75 Å². The van der Waals surface area contributed by atoms with Crippen molar-refractivity contribution in [2.24, 2.45) is 0 Å². The Morgan fingerprint density at radius 1 is 1.21 bits per heavy atom. The first-order valence-electron chi connectivity index (χ1n) is 9.35. The van der Waals surface area contributed by atoms with E-state index in [-0.39, 0.29) is 12.3 Å². The molecule has 0 bridgehead atoms. The van der Waals surface area contributed by atoms with Gasteiger partial charge in [-0.25, -0.2) is 0 Å². The summed E-state index contributed by atoms with van der Waals surface area (Å²) in [6.45, 7) is 2.94. The number of benzene rings is 2. The Labute approximate surface area is 173 Å². The number of fused-ring (bicyclic) bond motifs is 1. The molecule has 0 saturated heterocycles. The number of nitrogens with one attached hydrogen (secondary N) is 2. The number of nitrogens with zero attached hydrogens (tertiary/aromatic N) is 2. The number of ether oxygens (including phenoxy) is 1. The van der Waals surface area contributed by atoms with Crippen molar-refractivity contribution in [3.63, 3.8) is 0 Å². The van der Waals surface area contributed by atoms with Crippen molar-refractivity contribution < 1.29 is 9.53 Å². The summed E-state index contributed by atoms with van der Waals surface area (Å²) in [7, 11) is 1.56. The van der Waals surface area contributed by atoms with Gasteiger partial charge in [-0.05, 0) is 36.8 Å². The number of aromatic amines is 1. The highest BCUT2D eigenvalue weighted by atomic mass is 35.5. The SMILES string of the molecule is CCn1c(-c2cc(NC(=O)Cc3ccc(OC)c(Cl)c3)n[nH]2)cc2ccccc21. The van der Waals surface area contributed by atoms with Crippen LogP contribution in [0.15, 0.2) is 54.6 Å². The number of H-pyrrole nitrogens is 1. The van der Waals surface area contributed by atoms with E-state index in [1.807, 2.05) is 24.3 Å². The molecule has 0 fully saturated rings. The van der Waals surface area contributed by atoms with Crippen molar-refractivity contribution in [1.82, 2.24) is 14.8 Å². The number of rotatable bonds is 6. The molecule has 29 heavy (non-hydrogen) atoms. The number of methoxy groups -OCH3 is 1. The number of aromatic nitrogens is 3. The molecule has 0 spiro atoms. The number of amides is 1. The van der Waals surface area contributed by atoms with Gasteiger partial charge in [-0.3, -0.25) is 9.89 Å². The number of para-hydroxylation sites is 1. The molecule has 0 aliphatic rings. The molecule has 7 heteroatoms. The zero-order valence-electron chi connectivity index (χ0n) is 16.2. The molecule has 6 nitrogen and oxygen atoms in total. The van der Waals surface area contributed by atoms with Crippen LogP contribution in [0.25, 0.3) is 22.3 Å². The summed E-state index contributed by atoms with van der Waals surface area (Å²) in [4.78, 5) is 12.4. The third-order valence-corrected chi connectivity index (χ3v) is 5.12. The van der Waals surface area contributed by atoms with Crippen LogP contribution in [-0.2, 0) is 17.8 Å². The summed E-state index contributed by atoms with van der Waals surface area (Å²) >= 11 is 6.13. The number of carbonyl (C=O) groups excluding carboxylic acids is 1. The van der Waals surface area contributed by atoms with E-state index in [0.717, 1.165) is 23.5 Å². The largest absolute Gasteiger partial charge is 0.495 e. The van der Waals surface area contributed by atoms with Crippen LogP contribution in [0, 0.1) is 0 Å². The highest BCUT2D eigenvalue weighted by Gasteiger charge is 2.13. The van der Waals surface area contributed by atoms with Gasteiger partial charge in [-0.2, -0.15) is 5.10 Å². The van der Waals surface area contributed by atoms with Crippen LogP contribution in [-0.4, -0.2) is 27.8 Å². The van der Waals surface area contributed by atoms with E-state index in [2.05, 4.69) is 45.2 Å². The molecular weight excluding hydrogens is 388 g/mol. The van der Waals surface area contributed by atoms with E-state index in [1.54, 1.807) is 19.2 Å². The van der Waals surface area contributed by atoms with Gasteiger partial charge in [-0.15, -0.1) is 0 Å². The molecule has 2 aromatic carbocycles. The van der Waals surface area contributed by atoms with Crippen molar-refractivity contribution in [2.75, 3.05) is 12.4 Å². The third kappa shape index (κ3) is 3.84. The van der Waals surface area contributed by atoms with E-state index in [9.17, 15) is 4.79 Å². The molecular formula is C22H21ClN4O2. The Hall–Kier alpha value is -3.25. The van der Waals surface area contributed by atoms with Gasteiger partial charge in [0.05, 0.1) is 29.9 Å². The number of aryl methyl sites for hydroxylation is 1. The monoisotopic (exact) mass is 408 g/mol. The lowest BCUT2D eigenvalue weighted by Crippen LogP contribution is -2.14. The predicted molar refractivity (Wildman–Crippen MR) is 116 cm³/mol. The molecule has 0 saturated carbocycles. The van der Waals surface area contributed by atoms with Gasteiger partial charge in [0.25, 0.3) is 0 Å². The molecule has 4 aromatic rings. The van der Waals surface area contributed by atoms with Gasteiger partial charge in [0.15, 0.2) is 5.82 Å². The summed E-state index contributed by atoms with van der Waals surface area (Å²) in [5.41, 5.74) is 3.85. The number of anilines is 1. The molecule has 2 aromatic heterocycles. The Balaban J connectivity index is 1.51. The second kappa shape index (κ2) is 8.01. The molecule has 2 N–H and O–H groups in total. The van der Waals surface area contributed by atoms with E-state index in [1.165, 1.54) is 10.9 Å². The van der Waals surface area contributed by atoms with Gasteiger partial charge in [-0.1, -0.05) is 35.9 Å². The molecule has 0 aliphatic heterocycles. The summed E-state index contributed by atoms with van der Waals surface area (Å²) in [5, 5.41) is 11.8. The standard InChI is InChI=1S/C22H21ClN4O2/c1-3-27-18-7-5-4-6-15(18)12-19(27)17-13-21(26-25-17)24-22(28)11-14-8-9-20(29-2)16(23)10-14/h4-10,12-13H,3,11H2,1-2H3,(H2,24,25,26,28). The maximum Gasteiger partial charge on any atom is 0.229 e. The molecule has 0 aliphatic carbocycles. The fourth-order valence-electron chi connectivity index (χ4n) is 3.48. The van der Waals surface area contributed by atoms with Crippen LogP contribution in [0.1, 0.15) is 12.5 Å². The summed E-state index contributed by atoms with van der Waals surface area (Å²) in [6.07, 6.45) is 0.196. The number of hydrogen-bond acceptors (Lipinski definition) is 3. The average Bonchev–Trinajstić information content (AvgIpc) is 3.31. The maximum atomic E-state index is 12.4. The Kier molecular flexibility index (Phi) is 5.27. The molecule has 0 atom stereocenters. The second-order valence-corrected chi connectivity index (χ2v) is 7.10. The highest BCUT2D eigenvalue weighted by Crippen LogP contribution is 2.28. The number of carbonyl (C=O) groups is 1. The minimum absolute atomic E-state index is 0.166. The summed E-state index contributed by atoms with van der Waals surface area (Å²) in [5.74, 6) is 0.900. The van der Waals surface area contributed by atoms with Crippen LogP contribution < -0.4 is 10.1 Å². The zero-order valence-corrected chi connectivity index (χ0v) is 17.0. The van der Waals surface area contributed by atoms with Crippen molar-refractivity contribution in [1.29, 1.82) is 0 Å². The molecule has 2 heterocycles. The summed E-state index contributed by atoms with van der Waals surface area (Å²) < 4.78 is 7.35. The van der Waals surface area contributed by atoms with Crippen LogP contribution in [0.4, 0.5) is 5.82 Å². The van der Waals surface area contributed by atoms with E-state index in [4.69, 9.17) is 16.3 Å². The Morgan fingerprint density at radius 3 is 2.79 bits per heavy atom. The van der Waals surface area contributed by atoms with Crippen LogP contribution in [0.3, 0.4) is 0 Å². The van der Waals surface area contributed by atoms with Gasteiger partial charge in [0, 0.05) is 23.5 Å². The number of hydrogen-bond donors (Lipinski definition) is 2. The molecule has 1 amide bonds. The minimum atomic E-state index is -0.166. The van der Waals surface area contributed by atoms with Crippen molar-refractivity contribution in [3.8, 4) is 17.1 Å². The van der Waals surface area contributed by atoms with E-state index in [0.29, 0.717) is 16.6 Å². The fraction of sp³-hybridized carbons (Fsp3) is 0.182. The maximum absolute atomic E-state index is 12.4. The minimum Gasteiger partial charge on any atom is -0.495 e. The predicted octanol–water partition coefficient (Wildman–Crippen LogP) is 4.89. The first-order valence-corrected chi connectivity index (χ1v) is 9.73. The van der Waals surface area contributed by atoms with Gasteiger partial charge in [0.1, 0.15) is 5.75 Å². The first-order chi connectivity index (χ1) is 14.1. The Bertz CT molecular complexity index is 1180. The lowest BCUT2D eigenvalue weighted by Gasteiger charge is -2.06. The fourth-order valence-corrected chi connectivity index (χ4v) is 3.76. The lowest BCUT2D eigenvalue weighted by atomic mass is 10.1. The second-order valence-electron chi connectivity index (χ2n) is 6.69. The van der Waals surface area contributed by atoms with Gasteiger partial charge in [0.2, 0.25) is 5.91 Å². The first kappa shape index (κ1) is 19.1. The quantitative estimate of drug-likeness (QED) is 0.477. The van der Waals surface area contributed by atoms with Crippen molar-refractivity contribution in [3.05, 3.63) is 65.2 Å². The third-order valence-electron chi connectivity index (χ3n) is 4.83. The van der Waals surface area contributed by atoms with E-state index < -0.39 is 0 Å². The smallest absolute Gasteiger partial charge is 0.229 e. The Morgan fingerprint density at radius 2 is 2.03 bits per heavy atom. The lowest BCUT2D eigenvalue weighted by molar-refractivity contribution is -0.115. The van der Waals surface area contributed by atoms with Crippen LogP contribution >= 0.6 is 11.6 Å². The van der Waals surface area contributed by atoms with Gasteiger partial charge < -0.3 is 14.6 Å². The van der Waals surface area contributed by atoms with Crippen LogP contribution in [0.2, 0.25) is 5.02 Å². The van der Waals surface area contributed by atoms with Crippen molar-refractivity contribution >= 4 is 34.2 Å². The van der Waals surface area contributed by atoms with Crippen molar-refractivity contribution in [2.45, 2.75) is 19.9 Å². The molecule has 148 valence electrons. The zero-order chi connectivity index (χ0) is 20.4.